The first-order valence-corrected chi connectivity index (χ1v) is 11.8. The number of nitrogens with one attached hydrogen (secondary N) is 2. The highest BCUT2D eigenvalue weighted by atomic mass is 32.2. The Morgan fingerprint density at radius 1 is 1.09 bits per heavy atom. The molecule has 0 saturated carbocycles. The number of hydrogen-bond acceptors (Lipinski definition) is 4. The Morgan fingerprint density at radius 2 is 1.88 bits per heavy atom. The van der Waals surface area contributed by atoms with Crippen molar-refractivity contribution in [3.05, 3.63) is 59.7 Å². The van der Waals surface area contributed by atoms with Gasteiger partial charge in [0.2, 0.25) is 10.0 Å². The summed E-state index contributed by atoms with van der Waals surface area (Å²) in [6.07, 6.45) is 2.48. The molecule has 0 aliphatic carbocycles. The summed E-state index contributed by atoms with van der Waals surface area (Å²) < 4.78 is 54.4. The normalized spacial score (nSPS) is 17.0. The molecule has 2 amide bonds. The standard InChI is InChI=1S/C22H25F2N3O4S/c1-15-13-19(8-9-20(15)24)32(30,31)27-12-3-2-7-18(27)10-11-25-21(28)22(29)26-17-6-4-5-16(23)14-17/h4-6,8-9,13-14,18H,2-3,7,10-12H2,1H3,(H,25,28)(H,26,29)/t18-/m1/s1. The number of carbonyl (C=O) groups is 2. The minimum atomic E-state index is -3.82. The fourth-order valence-corrected chi connectivity index (χ4v) is 5.49. The molecule has 1 aliphatic heterocycles. The molecule has 172 valence electrons. The molecule has 0 radical (unpaired) electrons. The summed E-state index contributed by atoms with van der Waals surface area (Å²) in [6.45, 7) is 1.93. The van der Waals surface area contributed by atoms with E-state index in [1.54, 1.807) is 0 Å². The Hall–Kier alpha value is -2.85. The third-order valence-corrected chi connectivity index (χ3v) is 7.31. The third kappa shape index (κ3) is 5.68. The van der Waals surface area contributed by atoms with Crippen molar-refractivity contribution in [2.45, 2.75) is 43.5 Å². The van der Waals surface area contributed by atoms with Gasteiger partial charge in [0.05, 0.1) is 4.90 Å². The summed E-state index contributed by atoms with van der Waals surface area (Å²) in [5.41, 5.74) is 0.403. The quantitative estimate of drug-likeness (QED) is 0.642. The third-order valence-electron chi connectivity index (χ3n) is 5.36. The molecule has 1 heterocycles. The maximum absolute atomic E-state index is 13.6. The molecule has 2 aromatic rings. The SMILES string of the molecule is Cc1cc(S(=O)(=O)N2CCCC[C@@H]2CCNC(=O)C(=O)Nc2cccc(F)c2)ccc1F. The van der Waals surface area contributed by atoms with E-state index in [0.717, 1.165) is 18.6 Å². The number of anilines is 1. The first-order chi connectivity index (χ1) is 15.2. The smallest absolute Gasteiger partial charge is 0.313 e. The number of amides is 2. The van der Waals surface area contributed by atoms with Crippen LogP contribution in [0, 0.1) is 18.6 Å². The molecule has 2 N–H and O–H groups in total. The van der Waals surface area contributed by atoms with Gasteiger partial charge in [0.15, 0.2) is 0 Å². The van der Waals surface area contributed by atoms with Gasteiger partial charge in [-0.1, -0.05) is 12.5 Å². The first kappa shape index (κ1) is 23.8. The maximum atomic E-state index is 13.6. The van der Waals surface area contributed by atoms with Gasteiger partial charge in [0.25, 0.3) is 0 Å². The average Bonchev–Trinajstić information content (AvgIpc) is 2.75. The lowest BCUT2D eigenvalue weighted by molar-refractivity contribution is -0.136. The number of rotatable bonds is 6. The Kier molecular flexibility index (Phi) is 7.57. The van der Waals surface area contributed by atoms with E-state index in [4.69, 9.17) is 0 Å². The minimum absolute atomic E-state index is 0.0295. The van der Waals surface area contributed by atoms with Crippen molar-refractivity contribution in [1.29, 1.82) is 0 Å². The molecule has 1 fully saturated rings. The fraction of sp³-hybridized carbons (Fsp3) is 0.364. The van der Waals surface area contributed by atoms with Crippen molar-refractivity contribution in [3.63, 3.8) is 0 Å². The van der Waals surface area contributed by atoms with Crippen LogP contribution >= 0.6 is 0 Å². The summed E-state index contributed by atoms with van der Waals surface area (Å²) in [5, 5.41) is 4.78. The van der Waals surface area contributed by atoms with Gasteiger partial charge in [-0.15, -0.1) is 0 Å². The van der Waals surface area contributed by atoms with Gasteiger partial charge in [-0.25, -0.2) is 17.2 Å². The molecule has 0 unspecified atom stereocenters. The highest BCUT2D eigenvalue weighted by Gasteiger charge is 2.33. The van der Waals surface area contributed by atoms with Gasteiger partial charge in [0.1, 0.15) is 11.6 Å². The van der Waals surface area contributed by atoms with Crippen molar-refractivity contribution in [2.24, 2.45) is 0 Å². The van der Waals surface area contributed by atoms with Crippen LogP contribution in [0.3, 0.4) is 0 Å². The van der Waals surface area contributed by atoms with Crippen molar-refractivity contribution in [3.8, 4) is 0 Å². The molecule has 1 saturated heterocycles. The van der Waals surface area contributed by atoms with E-state index in [1.165, 1.54) is 41.6 Å². The van der Waals surface area contributed by atoms with Gasteiger partial charge in [-0.3, -0.25) is 9.59 Å². The van der Waals surface area contributed by atoms with Gasteiger partial charge in [-0.2, -0.15) is 4.31 Å². The molecule has 1 aliphatic rings. The van der Waals surface area contributed by atoms with Crippen LogP contribution in [0.1, 0.15) is 31.2 Å². The summed E-state index contributed by atoms with van der Waals surface area (Å²) >= 11 is 0. The molecule has 1 atom stereocenters. The Balaban J connectivity index is 1.60. The number of benzene rings is 2. The molecule has 3 rings (SSSR count). The van der Waals surface area contributed by atoms with E-state index >= 15 is 0 Å². The highest BCUT2D eigenvalue weighted by Crippen LogP contribution is 2.27. The van der Waals surface area contributed by atoms with Crippen LogP contribution in [0.4, 0.5) is 14.5 Å². The van der Waals surface area contributed by atoms with Gasteiger partial charge in [-0.05, 0) is 68.1 Å². The largest absolute Gasteiger partial charge is 0.348 e. The lowest BCUT2D eigenvalue weighted by Gasteiger charge is -2.34. The second-order valence-electron chi connectivity index (χ2n) is 7.69. The van der Waals surface area contributed by atoms with Crippen LogP contribution in [0.25, 0.3) is 0 Å². The predicted molar refractivity (Wildman–Crippen MR) is 115 cm³/mol. The maximum Gasteiger partial charge on any atom is 0.313 e. The second-order valence-corrected chi connectivity index (χ2v) is 9.58. The van der Waals surface area contributed by atoms with Crippen LogP contribution < -0.4 is 10.6 Å². The Morgan fingerprint density at radius 3 is 2.59 bits per heavy atom. The summed E-state index contributed by atoms with van der Waals surface area (Å²) in [4.78, 5) is 24.1. The molecular weight excluding hydrogens is 440 g/mol. The average molecular weight is 466 g/mol. The molecule has 0 spiro atoms. The zero-order valence-corrected chi connectivity index (χ0v) is 18.4. The Labute approximate surface area is 185 Å². The fourth-order valence-electron chi connectivity index (χ4n) is 3.68. The Bertz CT molecular complexity index is 1110. The highest BCUT2D eigenvalue weighted by molar-refractivity contribution is 7.89. The number of sulfonamides is 1. The van der Waals surface area contributed by atoms with Gasteiger partial charge in [0, 0.05) is 24.8 Å². The zero-order valence-electron chi connectivity index (χ0n) is 17.6. The monoisotopic (exact) mass is 465 g/mol. The van der Waals surface area contributed by atoms with E-state index in [9.17, 15) is 26.8 Å². The zero-order chi connectivity index (χ0) is 23.3. The lowest BCUT2D eigenvalue weighted by atomic mass is 10.0. The van der Waals surface area contributed by atoms with E-state index in [-0.39, 0.29) is 28.7 Å². The number of aryl methyl sites for hydroxylation is 1. The second kappa shape index (κ2) is 10.2. The molecule has 10 heteroatoms. The van der Waals surface area contributed by atoms with Gasteiger partial charge >= 0.3 is 11.8 Å². The van der Waals surface area contributed by atoms with Gasteiger partial charge < -0.3 is 10.6 Å². The molecule has 0 bridgehead atoms. The van der Waals surface area contributed by atoms with Crippen molar-refractivity contribution >= 4 is 27.5 Å². The van der Waals surface area contributed by atoms with Crippen LogP contribution in [0.2, 0.25) is 0 Å². The van der Waals surface area contributed by atoms with Crippen molar-refractivity contribution in [2.75, 3.05) is 18.4 Å². The van der Waals surface area contributed by atoms with Crippen molar-refractivity contribution < 1.29 is 26.8 Å². The predicted octanol–water partition coefficient (Wildman–Crippen LogP) is 2.96. The molecule has 32 heavy (non-hydrogen) atoms. The van der Waals surface area contributed by atoms with E-state index in [0.29, 0.717) is 25.8 Å². The number of nitrogens with zero attached hydrogens (tertiary/aromatic N) is 1. The minimum Gasteiger partial charge on any atom is -0.348 e. The van der Waals surface area contributed by atoms with E-state index < -0.39 is 33.5 Å². The summed E-state index contributed by atoms with van der Waals surface area (Å²) in [6, 6.07) is 8.51. The van der Waals surface area contributed by atoms with E-state index in [2.05, 4.69) is 10.6 Å². The molecular formula is C22H25F2N3O4S. The summed E-state index contributed by atoms with van der Waals surface area (Å²) in [7, 11) is -3.82. The van der Waals surface area contributed by atoms with Crippen LogP contribution in [0.15, 0.2) is 47.4 Å². The van der Waals surface area contributed by atoms with Crippen molar-refractivity contribution in [1.82, 2.24) is 9.62 Å². The molecule has 7 nitrogen and oxygen atoms in total. The number of carbonyl (C=O) groups excluding carboxylic acids is 2. The molecule has 0 aromatic heterocycles. The van der Waals surface area contributed by atoms with Crippen LogP contribution in [-0.2, 0) is 19.6 Å². The van der Waals surface area contributed by atoms with E-state index in [1.807, 2.05) is 0 Å². The van der Waals surface area contributed by atoms with Crippen LogP contribution in [0.5, 0.6) is 0 Å². The topological polar surface area (TPSA) is 95.6 Å². The van der Waals surface area contributed by atoms with Crippen LogP contribution in [-0.4, -0.2) is 43.7 Å². The number of halogens is 2. The first-order valence-electron chi connectivity index (χ1n) is 10.3. The summed E-state index contributed by atoms with van der Waals surface area (Å²) in [5.74, 6) is -2.85. The number of piperidine rings is 1. The lowest BCUT2D eigenvalue weighted by Crippen LogP contribution is -2.45. The number of hydrogen-bond donors (Lipinski definition) is 2. The molecule has 2 aromatic carbocycles.